The summed E-state index contributed by atoms with van der Waals surface area (Å²) in [7, 11) is 1.14. The van der Waals surface area contributed by atoms with Crippen LogP contribution < -0.4 is 5.73 Å². The molecule has 0 aromatic carbocycles. The topological polar surface area (TPSA) is 26.0 Å². The SMILES string of the molecule is CC(C)CPCCCN. The molecule has 0 aromatic rings. The Bertz CT molecular complexity index is 54.9. The Balaban J connectivity index is 2.75. The van der Waals surface area contributed by atoms with Gasteiger partial charge in [0.25, 0.3) is 0 Å². The molecule has 0 saturated heterocycles. The fourth-order valence-corrected chi connectivity index (χ4v) is 1.85. The Morgan fingerprint density at radius 2 is 2.11 bits per heavy atom. The first-order chi connectivity index (χ1) is 4.27. The van der Waals surface area contributed by atoms with Gasteiger partial charge in [0.05, 0.1) is 0 Å². The average Bonchev–Trinajstić information content (AvgIpc) is 1.80. The molecule has 0 saturated carbocycles. The van der Waals surface area contributed by atoms with Gasteiger partial charge in [0.1, 0.15) is 0 Å². The van der Waals surface area contributed by atoms with Crippen molar-refractivity contribution in [1.29, 1.82) is 0 Å². The molecule has 2 heteroatoms. The molecule has 0 radical (unpaired) electrons. The molecule has 1 atom stereocenters. The van der Waals surface area contributed by atoms with E-state index in [4.69, 9.17) is 5.73 Å². The molecule has 1 nitrogen and oxygen atoms in total. The molecule has 0 aromatic heterocycles. The predicted octanol–water partition coefficient (Wildman–Crippen LogP) is 1.67. The second-order valence-corrected chi connectivity index (χ2v) is 4.15. The summed E-state index contributed by atoms with van der Waals surface area (Å²) in [6, 6.07) is 0. The zero-order valence-electron chi connectivity index (χ0n) is 6.48. The van der Waals surface area contributed by atoms with Gasteiger partial charge in [-0.25, -0.2) is 0 Å². The Labute approximate surface area is 60.2 Å². The first-order valence-electron chi connectivity index (χ1n) is 3.68. The molecule has 0 aliphatic heterocycles. The van der Waals surface area contributed by atoms with E-state index in [1.807, 2.05) is 0 Å². The van der Waals surface area contributed by atoms with Crippen LogP contribution in [0.15, 0.2) is 0 Å². The first kappa shape index (κ1) is 9.39. The minimum absolute atomic E-state index is 0.866. The van der Waals surface area contributed by atoms with Crippen LogP contribution in [-0.2, 0) is 0 Å². The van der Waals surface area contributed by atoms with Crippen LogP contribution in [0.3, 0.4) is 0 Å². The largest absolute Gasteiger partial charge is 0.330 e. The zero-order valence-corrected chi connectivity index (χ0v) is 7.48. The Kier molecular flexibility index (Phi) is 6.79. The van der Waals surface area contributed by atoms with Crippen molar-refractivity contribution in [2.75, 3.05) is 18.9 Å². The zero-order chi connectivity index (χ0) is 7.11. The summed E-state index contributed by atoms with van der Waals surface area (Å²) in [5.41, 5.74) is 5.35. The number of nitrogens with two attached hydrogens (primary N) is 1. The highest BCUT2D eigenvalue weighted by atomic mass is 31.1. The fraction of sp³-hybridized carbons (Fsp3) is 1.00. The molecule has 0 rings (SSSR count). The summed E-state index contributed by atoms with van der Waals surface area (Å²) in [5.74, 6) is 0.876. The summed E-state index contributed by atoms with van der Waals surface area (Å²) >= 11 is 0. The number of rotatable bonds is 5. The third kappa shape index (κ3) is 8.39. The minimum atomic E-state index is 0.866. The lowest BCUT2D eigenvalue weighted by molar-refractivity contribution is 0.746. The van der Waals surface area contributed by atoms with E-state index in [1.165, 1.54) is 18.7 Å². The lowest BCUT2D eigenvalue weighted by atomic mass is 10.3. The van der Waals surface area contributed by atoms with Crippen molar-refractivity contribution in [1.82, 2.24) is 0 Å². The summed E-state index contributed by atoms with van der Waals surface area (Å²) in [6.07, 6.45) is 3.94. The maximum absolute atomic E-state index is 5.35. The first-order valence-corrected chi connectivity index (χ1v) is 5.09. The van der Waals surface area contributed by atoms with Crippen molar-refractivity contribution in [2.45, 2.75) is 20.3 Å². The highest BCUT2D eigenvalue weighted by Crippen LogP contribution is 2.14. The van der Waals surface area contributed by atoms with E-state index in [2.05, 4.69) is 13.8 Å². The van der Waals surface area contributed by atoms with Crippen LogP contribution in [0.4, 0.5) is 0 Å². The van der Waals surface area contributed by atoms with Crippen LogP contribution in [0.5, 0.6) is 0 Å². The summed E-state index contributed by atoms with van der Waals surface area (Å²) in [5, 5.41) is 0. The highest BCUT2D eigenvalue weighted by molar-refractivity contribution is 7.37. The molecule has 56 valence electrons. The monoisotopic (exact) mass is 147 g/mol. The molecule has 2 N–H and O–H groups in total. The summed E-state index contributed by atoms with van der Waals surface area (Å²) in [4.78, 5) is 0. The van der Waals surface area contributed by atoms with Gasteiger partial charge in [0.2, 0.25) is 0 Å². The van der Waals surface area contributed by atoms with Crippen molar-refractivity contribution in [3.8, 4) is 0 Å². The molecule has 0 amide bonds. The molecular formula is C7H18NP. The van der Waals surface area contributed by atoms with Gasteiger partial charge < -0.3 is 5.73 Å². The third-order valence-electron chi connectivity index (χ3n) is 1.11. The number of hydrogen-bond acceptors (Lipinski definition) is 1. The smallest absolute Gasteiger partial charge is 0.00740 e. The van der Waals surface area contributed by atoms with Crippen LogP contribution in [0.2, 0.25) is 0 Å². The quantitative estimate of drug-likeness (QED) is 0.464. The van der Waals surface area contributed by atoms with Gasteiger partial charge in [0, 0.05) is 0 Å². The van der Waals surface area contributed by atoms with Crippen molar-refractivity contribution in [3.05, 3.63) is 0 Å². The lowest BCUT2D eigenvalue weighted by Crippen LogP contribution is -1.99. The predicted molar refractivity (Wildman–Crippen MR) is 46.6 cm³/mol. The average molecular weight is 147 g/mol. The summed E-state index contributed by atoms with van der Waals surface area (Å²) < 4.78 is 0. The molecule has 0 aliphatic carbocycles. The molecule has 1 unspecified atom stereocenters. The minimum Gasteiger partial charge on any atom is -0.330 e. The van der Waals surface area contributed by atoms with Crippen LogP contribution in [-0.4, -0.2) is 18.9 Å². The van der Waals surface area contributed by atoms with Crippen LogP contribution in [0, 0.1) is 5.92 Å². The van der Waals surface area contributed by atoms with Gasteiger partial charge in [-0.2, -0.15) is 0 Å². The molecule has 0 heterocycles. The second-order valence-electron chi connectivity index (χ2n) is 2.74. The van der Waals surface area contributed by atoms with E-state index < -0.39 is 0 Å². The van der Waals surface area contributed by atoms with E-state index in [0.717, 1.165) is 21.0 Å². The fourth-order valence-electron chi connectivity index (χ4n) is 0.618. The third-order valence-corrected chi connectivity index (χ3v) is 2.92. The van der Waals surface area contributed by atoms with Crippen molar-refractivity contribution >= 4 is 8.58 Å². The second kappa shape index (κ2) is 6.51. The van der Waals surface area contributed by atoms with Gasteiger partial charge in [-0.1, -0.05) is 13.8 Å². The molecule has 0 spiro atoms. The van der Waals surface area contributed by atoms with Gasteiger partial charge in [0.15, 0.2) is 0 Å². The van der Waals surface area contributed by atoms with E-state index in [1.54, 1.807) is 0 Å². The summed E-state index contributed by atoms with van der Waals surface area (Å²) in [6.45, 7) is 5.41. The van der Waals surface area contributed by atoms with Gasteiger partial charge in [-0.05, 0) is 31.2 Å². The Morgan fingerprint density at radius 1 is 1.44 bits per heavy atom. The van der Waals surface area contributed by atoms with Crippen molar-refractivity contribution in [2.24, 2.45) is 11.7 Å². The normalized spacial score (nSPS) is 12.0. The van der Waals surface area contributed by atoms with Crippen molar-refractivity contribution in [3.63, 3.8) is 0 Å². The maximum atomic E-state index is 5.35. The maximum Gasteiger partial charge on any atom is -0.00740 e. The van der Waals surface area contributed by atoms with Crippen LogP contribution in [0.25, 0.3) is 0 Å². The Hall–Kier alpha value is 0.390. The molecular weight excluding hydrogens is 129 g/mol. The van der Waals surface area contributed by atoms with Crippen molar-refractivity contribution < 1.29 is 0 Å². The standard InChI is InChI=1S/C7H18NP/c1-7(2)6-9-5-3-4-8/h7,9H,3-6,8H2,1-2H3. The number of hydrogen-bond donors (Lipinski definition) is 1. The van der Waals surface area contributed by atoms with Gasteiger partial charge in [-0.3, -0.25) is 0 Å². The molecule has 9 heavy (non-hydrogen) atoms. The van der Waals surface area contributed by atoms with E-state index >= 15 is 0 Å². The molecule has 0 aliphatic rings. The van der Waals surface area contributed by atoms with Gasteiger partial charge >= 0.3 is 0 Å². The van der Waals surface area contributed by atoms with Gasteiger partial charge in [-0.15, -0.1) is 8.58 Å². The van der Waals surface area contributed by atoms with Crippen LogP contribution in [0.1, 0.15) is 20.3 Å². The van der Waals surface area contributed by atoms with E-state index in [0.29, 0.717) is 0 Å². The van der Waals surface area contributed by atoms with Crippen LogP contribution >= 0.6 is 8.58 Å². The highest BCUT2D eigenvalue weighted by Gasteiger charge is 1.91. The Morgan fingerprint density at radius 3 is 2.56 bits per heavy atom. The molecule has 0 bridgehead atoms. The molecule has 0 fully saturated rings. The lowest BCUT2D eigenvalue weighted by Gasteiger charge is -2.02. The van der Waals surface area contributed by atoms with E-state index in [-0.39, 0.29) is 0 Å². The van der Waals surface area contributed by atoms with E-state index in [9.17, 15) is 0 Å².